The van der Waals surface area contributed by atoms with Gasteiger partial charge >= 0.3 is 0 Å². The summed E-state index contributed by atoms with van der Waals surface area (Å²) in [6.07, 6.45) is 6.54. The third-order valence-electron chi connectivity index (χ3n) is 6.00. The zero-order chi connectivity index (χ0) is 15.1. The molecule has 122 valence electrons. The predicted octanol–water partition coefficient (Wildman–Crippen LogP) is 3.68. The highest BCUT2D eigenvalue weighted by atomic mass is 16.7. The summed E-state index contributed by atoms with van der Waals surface area (Å²) in [6, 6.07) is 0. The molecule has 3 nitrogen and oxygen atoms in total. The lowest BCUT2D eigenvalue weighted by Crippen LogP contribution is -2.46. The number of ether oxygens (including phenoxy) is 2. The number of hydrogen-bond donors (Lipinski definition) is 0. The summed E-state index contributed by atoms with van der Waals surface area (Å²) >= 11 is 0. The molecule has 3 rings (SSSR count). The highest BCUT2D eigenvalue weighted by Gasteiger charge is 2.50. The average Bonchev–Trinajstić information content (AvgIpc) is 3.03. The first kappa shape index (κ1) is 15.8. The van der Waals surface area contributed by atoms with Crippen molar-refractivity contribution in [3.8, 4) is 0 Å². The molecular formula is C18H33NO2. The molecule has 0 radical (unpaired) electrons. The van der Waals surface area contributed by atoms with Gasteiger partial charge in [0, 0.05) is 18.9 Å². The van der Waals surface area contributed by atoms with Crippen LogP contribution in [0, 0.1) is 17.3 Å². The van der Waals surface area contributed by atoms with Gasteiger partial charge < -0.3 is 14.4 Å². The van der Waals surface area contributed by atoms with Crippen LogP contribution in [0.3, 0.4) is 0 Å². The van der Waals surface area contributed by atoms with Gasteiger partial charge in [-0.05, 0) is 50.1 Å². The molecule has 3 aliphatic rings. The smallest absolute Gasteiger partial charge is 0.171 e. The Hall–Kier alpha value is -0.120. The maximum Gasteiger partial charge on any atom is 0.171 e. The van der Waals surface area contributed by atoms with Crippen molar-refractivity contribution in [3.63, 3.8) is 0 Å². The SMILES string of the molecule is CC1CC(C(C)(C)C)CCC12OCC(CN1CCCC1)O2. The van der Waals surface area contributed by atoms with Gasteiger partial charge in [-0.3, -0.25) is 0 Å². The van der Waals surface area contributed by atoms with Gasteiger partial charge in [0.25, 0.3) is 0 Å². The van der Waals surface area contributed by atoms with Gasteiger partial charge in [-0.1, -0.05) is 27.7 Å². The Kier molecular flexibility index (Phi) is 4.37. The molecule has 2 heterocycles. The lowest BCUT2D eigenvalue weighted by atomic mass is 9.67. The van der Waals surface area contributed by atoms with Gasteiger partial charge in [-0.25, -0.2) is 0 Å². The fraction of sp³-hybridized carbons (Fsp3) is 1.00. The van der Waals surface area contributed by atoms with Gasteiger partial charge in [-0.15, -0.1) is 0 Å². The molecule has 1 saturated carbocycles. The normalized spacial score (nSPS) is 42.0. The van der Waals surface area contributed by atoms with Crippen LogP contribution in [0.15, 0.2) is 0 Å². The molecule has 0 amide bonds. The minimum Gasteiger partial charge on any atom is -0.347 e. The van der Waals surface area contributed by atoms with E-state index in [0.717, 1.165) is 25.5 Å². The van der Waals surface area contributed by atoms with Crippen LogP contribution in [0.4, 0.5) is 0 Å². The minimum atomic E-state index is -0.272. The van der Waals surface area contributed by atoms with Crippen LogP contribution in [-0.2, 0) is 9.47 Å². The third-order valence-corrected chi connectivity index (χ3v) is 6.00. The maximum atomic E-state index is 6.46. The topological polar surface area (TPSA) is 21.7 Å². The van der Waals surface area contributed by atoms with Gasteiger partial charge in [0.1, 0.15) is 0 Å². The van der Waals surface area contributed by atoms with Crippen LogP contribution in [-0.4, -0.2) is 43.0 Å². The fourth-order valence-electron chi connectivity index (χ4n) is 4.45. The van der Waals surface area contributed by atoms with E-state index in [9.17, 15) is 0 Å². The summed E-state index contributed by atoms with van der Waals surface area (Å²) in [7, 11) is 0. The fourth-order valence-corrected chi connectivity index (χ4v) is 4.45. The molecule has 3 fully saturated rings. The highest BCUT2D eigenvalue weighted by molar-refractivity contribution is 4.93. The molecule has 1 aliphatic carbocycles. The monoisotopic (exact) mass is 295 g/mol. The first-order valence-electron chi connectivity index (χ1n) is 8.93. The van der Waals surface area contributed by atoms with E-state index in [-0.39, 0.29) is 11.9 Å². The van der Waals surface area contributed by atoms with Gasteiger partial charge in [0.2, 0.25) is 0 Å². The Morgan fingerprint density at radius 3 is 2.52 bits per heavy atom. The summed E-state index contributed by atoms with van der Waals surface area (Å²) in [4.78, 5) is 2.54. The van der Waals surface area contributed by atoms with Crippen LogP contribution < -0.4 is 0 Å². The average molecular weight is 295 g/mol. The molecule has 4 unspecified atom stereocenters. The Morgan fingerprint density at radius 1 is 1.19 bits per heavy atom. The molecule has 0 aromatic rings. The second kappa shape index (κ2) is 5.82. The van der Waals surface area contributed by atoms with E-state index >= 15 is 0 Å². The van der Waals surface area contributed by atoms with E-state index < -0.39 is 0 Å². The number of nitrogens with zero attached hydrogens (tertiary/aromatic N) is 1. The van der Waals surface area contributed by atoms with Crippen molar-refractivity contribution in [2.75, 3.05) is 26.2 Å². The Balaban J connectivity index is 1.56. The van der Waals surface area contributed by atoms with Gasteiger partial charge in [0.05, 0.1) is 12.7 Å². The number of likely N-dealkylation sites (tertiary alicyclic amines) is 1. The quantitative estimate of drug-likeness (QED) is 0.776. The van der Waals surface area contributed by atoms with Crippen molar-refractivity contribution >= 4 is 0 Å². The van der Waals surface area contributed by atoms with Gasteiger partial charge in [-0.2, -0.15) is 0 Å². The van der Waals surface area contributed by atoms with Crippen molar-refractivity contribution < 1.29 is 9.47 Å². The molecule has 0 aromatic carbocycles. The van der Waals surface area contributed by atoms with E-state index in [0.29, 0.717) is 11.3 Å². The molecule has 1 spiro atoms. The minimum absolute atomic E-state index is 0.272. The second-order valence-electron chi connectivity index (χ2n) is 8.61. The zero-order valence-electron chi connectivity index (χ0n) is 14.4. The molecule has 0 N–H and O–H groups in total. The number of rotatable bonds is 2. The van der Waals surface area contributed by atoms with Crippen LogP contribution in [0.2, 0.25) is 0 Å². The predicted molar refractivity (Wildman–Crippen MR) is 85.2 cm³/mol. The summed E-state index contributed by atoms with van der Waals surface area (Å²) in [5.74, 6) is 1.04. The standard InChI is InChI=1S/C18H33NO2/c1-14-11-15(17(2,3)4)7-8-18(14)20-13-16(21-18)12-19-9-5-6-10-19/h14-16H,5-13H2,1-4H3. The second-order valence-corrected chi connectivity index (χ2v) is 8.61. The molecule has 21 heavy (non-hydrogen) atoms. The van der Waals surface area contributed by atoms with E-state index in [4.69, 9.17) is 9.47 Å². The largest absolute Gasteiger partial charge is 0.347 e. The Labute approximate surface area is 130 Å². The van der Waals surface area contributed by atoms with Gasteiger partial charge in [0.15, 0.2) is 5.79 Å². The van der Waals surface area contributed by atoms with Crippen LogP contribution >= 0.6 is 0 Å². The molecule has 2 saturated heterocycles. The maximum absolute atomic E-state index is 6.46. The van der Waals surface area contributed by atoms with Crippen LogP contribution in [0.5, 0.6) is 0 Å². The molecular weight excluding hydrogens is 262 g/mol. The Morgan fingerprint density at radius 2 is 1.90 bits per heavy atom. The summed E-state index contributed by atoms with van der Waals surface area (Å²) in [5, 5.41) is 0. The lowest BCUT2D eigenvalue weighted by molar-refractivity contribution is -0.228. The summed E-state index contributed by atoms with van der Waals surface area (Å²) in [5.41, 5.74) is 0.406. The van der Waals surface area contributed by atoms with E-state index in [1.165, 1.54) is 38.8 Å². The summed E-state index contributed by atoms with van der Waals surface area (Å²) in [6.45, 7) is 13.8. The van der Waals surface area contributed by atoms with Crippen molar-refractivity contribution in [1.29, 1.82) is 0 Å². The van der Waals surface area contributed by atoms with E-state index in [1.807, 2.05) is 0 Å². The number of hydrogen-bond acceptors (Lipinski definition) is 3. The molecule has 0 bridgehead atoms. The first-order chi connectivity index (χ1) is 9.89. The lowest BCUT2D eigenvalue weighted by Gasteiger charge is -2.45. The van der Waals surface area contributed by atoms with Crippen molar-refractivity contribution in [2.24, 2.45) is 17.3 Å². The van der Waals surface area contributed by atoms with Crippen molar-refractivity contribution in [2.45, 2.75) is 71.7 Å². The van der Waals surface area contributed by atoms with Crippen LogP contribution in [0.25, 0.3) is 0 Å². The zero-order valence-corrected chi connectivity index (χ0v) is 14.4. The molecule has 2 aliphatic heterocycles. The first-order valence-corrected chi connectivity index (χ1v) is 8.93. The summed E-state index contributed by atoms with van der Waals surface area (Å²) < 4.78 is 12.7. The third kappa shape index (κ3) is 3.30. The Bertz CT molecular complexity index is 359. The van der Waals surface area contributed by atoms with E-state index in [2.05, 4.69) is 32.6 Å². The highest BCUT2D eigenvalue weighted by Crippen LogP contribution is 2.48. The van der Waals surface area contributed by atoms with Crippen LogP contribution in [0.1, 0.15) is 59.8 Å². The molecule has 0 aromatic heterocycles. The molecule has 4 atom stereocenters. The van der Waals surface area contributed by atoms with E-state index in [1.54, 1.807) is 0 Å². The van der Waals surface area contributed by atoms with Crippen molar-refractivity contribution in [3.05, 3.63) is 0 Å². The van der Waals surface area contributed by atoms with Crippen molar-refractivity contribution in [1.82, 2.24) is 4.90 Å². The molecule has 3 heteroatoms.